The summed E-state index contributed by atoms with van der Waals surface area (Å²) in [5.74, 6) is 0.119. The second-order valence-corrected chi connectivity index (χ2v) is 8.84. The predicted octanol–water partition coefficient (Wildman–Crippen LogP) is 3.41. The molecule has 1 atom stereocenters. The number of nitrogens with one attached hydrogen (secondary N) is 1. The van der Waals surface area contributed by atoms with Gasteiger partial charge in [-0.05, 0) is 53.8 Å². The van der Waals surface area contributed by atoms with Gasteiger partial charge in [0.15, 0.2) is 0 Å². The number of urea groups is 1. The molecule has 3 amide bonds. The third kappa shape index (κ3) is 3.38. The molecule has 0 fully saturated rings. The van der Waals surface area contributed by atoms with Gasteiger partial charge in [0, 0.05) is 42.4 Å². The Morgan fingerprint density at radius 3 is 2.81 bits per heavy atom. The Kier molecular flexibility index (Phi) is 5.00. The Hall–Kier alpha value is -1.86. The minimum atomic E-state index is -0.0686. The van der Waals surface area contributed by atoms with Gasteiger partial charge >= 0.3 is 6.03 Å². The second-order valence-electron chi connectivity index (χ2n) is 6.83. The molecule has 7 heteroatoms. The maximum atomic E-state index is 12.5. The summed E-state index contributed by atoms with van der Waals surface area (Å²) in [6, 6.07) is 4.25. The molecule has 1 N–H and O–H groups in total. The van der Waals surface area contributed by atoms with Crippen LogP contribution in [0.3, 0.4) is 0 Å². The molecule has 5 nitrogen and oxygen atoms in total. The number of nitrogens with zero attached hydrogens (tertiary/aromatic N) is 2. The van der Waals surface area contributed by atoms with E-state index in [0.29, 0.717) is 19.5 Å². The predicted molar refractivity (Wildman–Crippen MR) is 105 cm³/mol. The first-order valence-electron chi connectivity index (χ1n) is 9.07. The first kappa shape index (κ1) is 17.5. The maximum Gasteiger partial charge on any atom is 0.317 e. The van der Waals surface area contributed by atoms with Crippen molar-refractivity contribution in [3.05, 3.63) is 43.8 Å². The zero-order valence-electron chi connectivity index (χ0n) is 14.9. The molecule has 1 unspecified atom stereocenters. The standard InChI is InChI=1S/C19H23N3O2S2/c1-13-15-6-11-26-17(15)4-9-22(13)19(24)20-7-2-18(23)21-8-3-16-14(12-21)5-10-25-16/h5-6,10-11,13H,2-4,7-9,12H2,1H3,(H,20,24). The minimum Gasteiger partial charge on any atom is -0.338 e. The lowest BCUT2D eigenvalue weighted by Crippen LogP contribution is -2.45. The van der Waals surface area contributed by atoms with Gasteiger partial charge in [-0.1, -0.05) is 0 Å². The van der Waals surface area contributed by atoms with Crippen molar-refractivity contribution in [1.82, 2.24) is 15.1 Å². The Morgan fingerprint density at radius 2 is 1.92 bits per heavy atom. The van der Waals surface area contributed by atoms with E-state index in [2.05, 4.69) is 35.1 Å². The van der Waals surface area contributed by atoms with Crippen LogP contribution in [0, 0.1) is 0 Å². The fraction of sp³-hybridized carbons (Fsp3) is 0.474. The molecule has 26 heavy (non-hydrogen) atoms. The summed E-state index contributed by atoms with van der Waals surface area (Å²) < 4.78 is 0. The van der Waals surface area contributed by atoms with E-state index in [4.69, 9.17) is 0 Å². The zero-order valence-corrected chi connectivity index (χ0v) is 16.5. The van der Waals surface area contributed by atoms with Crippen molar-refractivity contribution in [2.45, 2.75) is 38.8 Å². The maximum absolute atomic E-state index is 12.5. The Labute approximate surface area is 161 Å². The number of fused-ring (bicyclic) bond motifs is 2. The Bertz CT molecular complexity index is 813. The van der Waals surface area contributed by atoms with E-state index < -0.39 is 0 Å². The van der Waals surface area contributed by atoms with Crippen molar-refractivity contribution >= 4 is 34.6 Å². The van der Waals surface area contributed by atoms with Crippen LogP contribution in [-0.2, 0) is 24.2 Å². The normalized spacial score (nSPS) is 19.0. The van der Waals surface area contributed by atoms with Crippen molar-refractivity contribution in [2.24, 2.45) is 0 Å². The molecular formula is C19H23N3O2S2. The second kappa shape index (κ2) is 7.40. The summed E-state index contributed by atoms with van der Waals surface area (Å²) in [5.41, 5.74) is 2.53. The summed E-state index contributed by atoms with van der Waals surface area (Å²) in [7, 11) is 0. The molecule has 0 saturated carbocycles. The SMILES string of the molecule is CC1c2ccsc2CCN1C(=O)NCCC(=O)N1CCc2sccc2C1. The van der Waals surface area contributed by atoms with Gasteiger partial charge in [0.2, 0.25) is 5.91 Å². The van der Waals surface area contributed by atoms with Crippen LogP contribution in [0.4, 0.5) is 4.79 Å². The minimum absolute atomic E-state index is 0.0686. The van der Waals surface area contributed by atoms with E-state index in [-0.39, 0.29) is 18.0 Å². The average Bonchev–Trinajstić information content (AvgIpc) is 3.30. The smallest absolute Gasteiger partial charge is 0.317 e. The molecule has 138 valence electrons. The lowest BCUT2D eigenvalue weighted by Gasteiger charge is -2.33. The average molecular weight is 390 g/mol. The number of hydrogen-bond acceptors (Lipinski definition) is 4. The van der Waals surface area contributed by atoms with Crippen LogP contribution >= 0.6 is 22.7 Å². The summed E-state index contributed by atoms with van der Waals surface area (Å²) in [6.45, 7) is 4.69. The van der Waals surface area contributed by atoms with Gasteiger partial charge in [-0.25, -0.2) is 4.79 Å². The molecule has 0 radical (unpaired) electrons. The topological polar surface area (TPSA) is 52.7 Å². The molecule has 2 aliphatic rings. The lowest BCUT2D eigenvalue weighted by atomic mass is 10.0. The highest BCUT2D eigenvalue weighted by Crippen LogP contribution is 2.32. The number of hydrogen-bond donors (Lipinski definition) is 1. The third-order valence-electron chi connectivity index (χ3n) is 5.31. The van der Waals surface area contributed by atoms with E-state index in [9.17, 15) is 9.59 Å². The number of rotatable bonds is 3. The molecule has 0 saturated heterocycles. The molecule has 2 aromatic rings. The lowest BCUT2D eigenvalue weighted by molar-refractivity contribution is -0.131. The number of thiophene rings is 2. The van der Waals surface area contributed by atoms with Crippen molar-refractivity contribution in [2.75, 3.05) is 19.6 Å². The highest BCUT2D eigenvalue weighted by Gasteiger charge is 2.28. The monoisotopic (exact) mass is 389 g/mol. The fourth-order valence-corrected chi connectivity index (χ4v) is 5.64. The quantitative estimate of drug-likeness (QED) is 0.875. The van der Waals surface area contributed by atoms with Crippen LogP contribution in [-0.4, -0.2) is 41.4 Å². The molecule has 2 aliphatic heterocycles. The van der Waals surface area contributed by atoms with E-state index in [0.717, 1.165) is 25.9 Å². The highest BCUT2D eigenvalue weighted by atomic mass is 32.1. The van der Waals surface area contributed by atoms with Crippen LogP contribution in [0.1, 0.15) is 40.3 Å². The number of carbonyl (C=O) groups excluding carboxylic acids is 2. The van der Waals surface area contributed by atoms with Crippen LogP contribution in [0.5, 0.6) is 0 Å². The first-order valence-corrected chi connectivity index (χ1v) is 10.8. The highest BCUT2D eigenvalue weighted by molar-refractivity contribution is 7.10. The molecule has 4 heterocycles. The van der Waals surface area contributed by atoms with Crippen LogP contribution in [0.2, 0.25) is 0 Å². The molecule has 0 aliphatic carbocycles. The van der Waals surface area contributed by atoms with Gasteiger partial charge < -0.3 is 15.1 Å². The van der Waals surface area contributed by atoms with Gasteiger partial charge in [-0.3, -0.25) is 4.79 Å². The molecular weight excluding hydrogens is 366 g/mol. The van der Waals surface area contributed by atoms with Crippen molar-refractivity contribution in [3.63, 3.8) is 0 Å². The summed E-state index contributed by atoms with van der Waals surface area (Å²) in [6.07, 6.45) is 2.22. The van der Waals surface area contributed by atoms with Gasteiger partial charge in [0.25, 0.3) is 0 Å². The van der Waals surface area contributed by atoms with Crippen molar-refractivity contribution < 1.29 is 9.59 Å². The van der Waals surface area contributed by atoms with Crippen molar-refractivity contribution in [1.29, 1.82) is 0 Å². The van der Waals surface area contributed by atoms with Gasteiger partial charge in [0.05, 0.1) is 6.04 Å². The van der Waals surface area contributed by atoms with E-state index in [1.807, 2.05) is 9.80 Å². The number of amides is 3. The van der Waals surface area contributed by atoms with Crippen LogP contribution in [0.15, 0.2) is 22.9 Å². The summed E-state index contributed by atoms with van der Waals surface area (Å²) in [5, 5.41) is 7.13. The molecule has 0 bridgehead atoms. The first-order chi connectivity index (χ1) is 12.6. The fourth-order valence-electron chi connectivity index (χ4n) is 3.78. The molecule has 0 spiro atoms. The van der Waals surface area contributed by atoms with Gasteiger partial charge in [0.1, 0.15) is 0 Å². The summed E-state index contributed by atoms with van der Waals surface area (Å²) >= 11 is 3.54. The van der Waals surface area contributed by atoms with E-state index in [1.165, 1.54) is 20.9 Å². The molecule has 0 aromatic carbocycles. The van der Waals surface area contributed by atoms with Gasteiger partial charge in [-0.15, -0.1) is 22.7 Å². The Balaban J connectivity index is 1.26. The van der Waals surface area contributed by atoms with E-state index in [1.54, 1.807) is 22.7 Å². The summed E-state index contributed by atoms with van der Waals surface area (Å²) in [4.78, 5) is 31.5. The Morgan fingerprint density at radius 1 is 1.15 bits per heavy atom. The largest absolute Gasteiger partial charge is 0.338 e. The van der Waals surface area contributed by atoms with Crippen molar-refractivity contribution in [3.8, 4) is 0 Å². The van der Waals surface area contributed by atoms with Crippen LogP contribution in [0.25, 0.3) is 0 Å². The number of carbonyl (C=O) groups is 2. The van der Waals surface area contributed by atoms with Gasteiger partial charge in [-0.2, -0.15) is 0 Å². The third-order valence-corrected chi connectivity index (χ3v) is 7.33. The van der Waals surface area contributed by atoms with Crippen LogP contribution < -0.4 is 5.32 Å². The van der Waals surface area contributed by atoms with E-state index >= 15 is 0 Å². The molecule has 4 rings (SSSR count). The zero-order chi connectivity index (χ0) is 18.1. The molecule has 2 aromatic heterocycles.